The Morgan fingerprint density at radius 3 is 2.65 bits per heavy atom. The molecule has 0 aliphatic carbocycles. The van der Waals surface area contributed by atoms with Crippen LogP contribution in [0.5, 0.6) is 5.75 Å². The van der Waals surface area contributed by atoms with E-state index in [1.165, 1.54) is 4.90 Å². The summed E-state index contributed by atoms with van der Waals surface area (Å²) in [6.45, 7) is 6.50. The Bertz CT molecular complexity index is 1370. The molecule has 0 spiro atoms. The van der Waals surface area contributed by atoms with Crippen molar-refractivity contribution in [3.8, 4) is 5.75 Å². The summed E-state index contributed by atoms with van der Waals surface area (Å²) < 4.78 is 7.18. The fourth-order valence-electron chi connectivity index (χ4n) is 4.18. The molecule has 1 N–H and O–H groups in total. The SMILES string of the molecule is COc1ccc(C)cc1N(C(=O)Cn1nnc2ccccc21)[C@@H](C(=O)NCCC(C)C)c1cccnc1. The van der Waals surface area contributed by atoms with Crippen LogP contribution in [-0.4, -0.2) is 45.4 Å². The van der Waals surface area contributed by atoms with Gasteiger partial charge in [0.25, 0.3) is 0 Å². The summed E-state index contributed by atoms with van der Waals surface area (Å²) in [7, 11) is 1.55. The van der Waals surface area contributed by atoms with Crippen molar-refractivity contribution in [2.75, 3.05) is 18.6 Å². The van der Waals surface area contributed by atoms with Gasteiger partial charge >= 0.3 is 0 Å². The van der Waals surface area contributed by atoms with Crippen LogP contribution in [-0.2, 0) is 16.1 Å². The van der Waals surface area contributed by atoms with Crippen molar-refractivity contribution in [2.45, 2.75) is 39.8 Å². The van der Waals surface area contributed by atoms with Crippen molar-refractivity contribution in [1.82, 2.24) is 25.3 Å². The van der Waals surface area contributed by atoms with E-state index in [0.717, 1.165) is 17.5 Å². The van der Waals surface area contributed by atoms with Gasteiger partial charge in [0.1, 0.15) is 23.9 Å². The lowest BCUT2D eigenvalue weighted by atomic mass is 10.0. The van der Waals surface area contributed by atoms with E-state index >= 15 is 0 Å². The van der Waals surface area contributed by atoms with Crippen LogP contribution in [0.15, 0.2) is 67.0 Å². The molecule has 0 aliphatic heterocycles. The van der Waals surface area contributed by atoms with Crippen molar-refractivity contribution < 1.29 is 14.3 Å². The van der Waals surface area contributed by atoms with Gasteiger partial charge < -0.3 is 10.1 Å². The predicted octanol–water partition coefficient (Wildman–Crippen LogP) is 4.08. The minimum atomic E-state index is -0.973. The van der Waals surface area contributed by atoms with E-state index in [4.69, 9.17) is 4.74 Å². The van der Waals surface area contributed by atoms with Crippen molar-refractivity contribution in [3.05, 3.63) is 78.1 Å². The largest absolute Gasteiger partial charge is 0.495 e. The normalized spacial score (nSPS) is 11.9. The number of anilines is 1. The first-order valence-electron chi connectivity index (χ1n) is 12.3. The number of carbonyl (C=O) groups excluding carboxylic acids is 2. The zero-order valence-electron chi connectivity index (χ0n) is 21.6. The summed E-state index contributed by atoms with van der Waals surface area (Å²) in [4.78, 5) is 33.6. The lowest BCUT2D eigenvalue weighted by molar-refractivity contribution is -0.127. The average Bonchev–Trinajstić information content (AvgIpc) is 3.30. The van der Waals surface area contributed by atoms with Gasteiger partial charge in [-0.1, -0.05) is 43.3 Å². The van der Waals surface area contributed by atoms with Crippen LogP contribution >= 0.6 is 0 Å². The summed E-state index contributed by atoms with van der Waals surface area (Å²) in [5, 5.41) is 11.4. The minimum Gasteiger partial charge on any atom is -0.495 e. The molecule has 0 aliphatic rings. The zero-order chi connectivity index (χ0) is 26.4. The molecule has 2 aromatic carbocycles. The quantitative estimate of drug-likeness (QED) is 0.352. The summed E-state index contributed by atoms with van der Waals surface area (Å²) >= 11 is 0. The predicted molar refractivity (Wildman–Crippen MR) is 142 cm³/mol. The maximum atomic E-state index is 14.1. The van der Waals surface area contributed by atoms with Crippen LogP contribution in [0.3, 0.4) is 0 Å². The maximum absolute atomic E-state index is 14.1. The molecule has 2 heterocycles. The zero-order valence-corrected chi connectivity index (χ0v) is 21.6. The third kappa shape index (κ3) is 5.94. The smallest absolute Gasteiger partial charge is 0.249 e. The summed E-state index contributed by atoms with van der Waals surface area (Å²) in [5.41, 5.74) is 3.41. The van der Waals surface area contributed by atoms with Crippen molar-refractivity contribution >= 4 is 28.5 Å². The Labute approximate surface area is 216 Å². The Balaban J connectivity index is 1.81. The second-order valence-corrected chi connectivity index (χ2v) is 9.34. The molecule has 9 nitrogen and oxygen atoms in total. The highest BCUT2D eigenvalue weighted by molar-refractivity contribution is 6.02. The number of hydrogen-bond acceptors (Lipinski definition) is 6. The van der Waals surface area contributed by atoms with E-state index in [-0.39, 0.29) is 18.4 Å². The number of methoxy groups -OCH3 is 1. The van der Waals surface area contributed by atoms with Crippen molar-refractivity contribution in [2.24, 2.45) is 5.92 Å². The van der Waals surface area contributed by atoms with Gasteiger partial charge in [-0.15, -0.1) is 5.10 Å². The van der Waals surface area contributed by atoms with Gasteiger partial charge in [0.2, 0.25) is 11.8 Å². The summed E-state index contributed by atoms with van der Waals surface area (Å²) in [5.74, 6) is 0.264. The second kappa shape index (κ2) is 11.6. The van der Waals surface area contributed by atoms with Crippen molar-refractivity contribution in [3.63, 3.8) is 0 Å². The Hall–Kier alpha value is -4.27. The molecular formula is C28H32N6O3. The van der Waals surface area contributed by atoms with Gasteiger partial charge in [0.05, 0.1) is 18.3 Å². The standard InChI is InChI=1S/C28H32N6O3/c1-19(2)13-15-30-28(36)27(21-8-7-14-29-17-21)34(24-16-20(3)11-12-25(24)37-4)26(35)18-33-23-10-6-5-9-22(23)31-32-33/h5-12,14,16-17,19,27H,13,15,18H2,1-4H3,(H,30,36)/t27-/m1/s1. The molecule has 2 amide bonds. The monoisotopic (exact) mass is 500 g/mol. The van der Waals surface area contributed by atoms with Gasteiger partial charge in [-0.25, -0.2) is 4.68 Å². The third-order valence-corrected chi connectivity index (χ3v) is 6.10. The number of benzene rings is 2. The van der Waals surface area contributed by atoms with Crippen LogP contribution < -0.4 is 15.0 Å². The lowest BCUT2D eigenvalue weighted by Gasteiger charge is -2.32. The molecule has 0 radical (unpaired) electrons. The average molecular weight is 501 g/mol. The number of aromatic nitrogens is 4. The van der Waals surface area contributed by atoms with Crippen LogP contribution in [0.4, 0.5) is 5.69 Å². The fourth-order valence-corrected chi connectivity index (χ4v) is 4.18. The number of nitrogens with zero attached hydrogens (tertiary/aromatic N) is 5. The number of amides is 2. The molecular weight excluding hydrogens is 468 g/mol. The molecule has 9 heteroatoms. The van der Waals surface area contributed by atoms with E-state index in [2.05, 4.69) is 34.5 Å². The summed E-state index contributed by atoms with van der Waals surface area (Å²) in [6.07, 6.45) is 4.07. The Kier molecular flexibility index (Phi) is 8.12. The Morgan fingerprint density at radius 2 is 1.92 bits per heavy atom. The highest BCUT2D eigenvalue weighted by atomic mass is 16.5. The third-order valence-electron chi connectivity index (χ3n) is 6.10. The van der Waals surface area contributed by atoms with E-state index in [9.17, 15) is 9.59 Å². The maximum Gasteiger partial charge on any atom is 0.249 e. The molecule has 4 rings (SSSR count). The lowest BCUT2D eigenvalue weighted by Crippen LogP contribution is -2.45. The number of nitrogens with one attached hydrogen (secondary N) is 1. The second-order valence-electron chi connectivity index (χ2n) is 9.34. The molecule has 0 saturated heterocycles. The van der Waals surface area contributed by atoms with E-state index in [0.29, 0.717) is 35.0 Å². The number of hydrogen-bond donors (Lipinski definition) is 1. The minimum absolute atomic E-state index is 0.117. The molecule has 4 aromatic rings. The highest BCUT2D eigenvalue weighted by Gasteiger charge is 2.35. The number of fused-ring (bicyclic) bond motifs is 1. The molecule has 2 aromatic heterocycles. The molecule has 0 saturated carbocycles. The van der Waals surface area contributed by atoms with Crippen LogP contribution in [0.2, 0.25) is 0 Å². The molecule has 1 atom stereocenters. The van der Waals surface area contributed by atoms with E-state index in [1.807, 2.05) is 43.3 Å². The number of para-hydroxylation sites is 1. The first kappa shape index (κ1) is 25.8. The number of ether oxygens (including phenoxy) is 1. The van der Waals surface area contributed by atoms with Gasteiger partial charge in [0.15, 0.2) is 0 Å². The molecule has 37 heavy (non-hydrogen) atoms. The molecule has 0 unspecified atom stereocenters. The van der Waals surface area contributed by atoms with Crippen molar-refractivity contribution in [1.29, 1.82) is 0 Å². The topological polar surface area (TPSA) is 102 Å². The number of aryl methyl sites for hydroxylation is 1. The number of rotatable bonds is 10. The van der Waals surface area contributed by atoms with E-state index < -0.39 is 6.04 Å². The first-order chi connectivity index (χ1) is 17.9. The molecule has 192 valence electrons. The van der Waals surface area contributed by atoms with E-state index in [1.54, 1.807) is 42.4 Å². The van der Waals surface area contributed by atoms with Crippen LogP contribution in [0.1, 0.15) is 37.4 Å². The van der Waals surface area contributed by atoms with Crippen LogP contribution in [0.25, 0.3) is 11.0 Å². The van der Waals surface area contributed by atoms with Gasteiger partial charge in [-0.2, -0.15) is 0 Å². The van der Waals surface area contributed by atoms with Crippen LogP contribution in [0, 0.1) is 12.8 Å². The van der Waals surface area contributed by atoms with Gasteiger partial charge in [-0.05, 0) is 55.2 Å². The summed E-state index contributed by atoms with van der Waals surface area (Å²) in [6, 6.07) is 15.6. The fraction of sp³-hybridized carbons (Fsp3) is 0.321. The number of carbonyl (C=O) groups is 2. The van der Waals surface area contributed by atoms with Gasteiger partial charge in [0, 0.05) is 24.5 Å². The molecule has 0 fully saturated rings. The molecule has 0 bridgehead atoms. The first-order valence-corrected chi connectivity index (χ1v) is 12.3. The number of pyridine rings is 1. The highest BCUT2D eigenvalue weighted by Crippen LogP contribution is 2.36. The van der Waals surface area contributed by atoms with Gasteiger partial charge in [-0.3, -0.25) is 19.5 Å². The Morgan fingerprint density at radius 1 is 1.11 bits per heavy atom.